The maximum atomic E-state index is 12.2. The maximum Gasteiger partial charge on any atom is 0.313 e. The van der Waals surface area contributed by atoms with Gasteiger partial charge in [-0.1, -0.05) is 6.92 Å². The van der Waals surface area contributed by atoms with Crippen molar-refractivity contribution >= 4 is 18.0 Å². The Bertz CT molecular complexity index is 567. The number of fused-ring (bicyclic) bond motifs is 1. The lowest BCUT2D eigenvalue weighted by molar-refractivity contribution is -0.597. The van der Waals surface area contributed by atoms with E-state index in [1.54, 1.807) is 13.8 Å². The second-order valence-electron chi connectivity index (χ2n) is 5.46. The molecule has 0 saturated carbocycles. The number of ether oxygens (including phenoxy) is 1. The summed E-state index contributed by atoms with van der Waals surface area (Å²) in [5, 5.41) is 14.8. The Morgan fingerprint density at radius 3 is 2.90 bits per heavy atom. The van der Waals surface area contributed by atoms with Crippen LogP contribution < -0.4 is 14.8 Å². The molecule has 0 radical (unpaired) electrons. The van der Waals surface area contributed by atoms with Crippen LogP contribution in [0, 0.1) is 10.6 Å². The third-order valence-corrected chi connectivity index (χ3v) is 3.73. The van der Waals surface area contributed by atoms with Crippen LogP contribution in [-0.4, -0.2) is 18.8 Å². The number of rotatable bonds is 4. The summed E-state index contributed by atoms with van der Waals surface area (Å²) in [5.41, 5.74) is 0.0949. The first-order chi connectivity index (χ1) is 9.40. The van der Waals surface area contributed by atoms with Crippen LogP contribution in [-0.2, 0) is 11.2 Å². The van der Waals surface area contributed by atoms with Crippen molar-refractivity contribution in [3.63, 3.8) is 0 Å². The van der Waals surface area contributed by atoms with Gasteiger partial charge in [-0.25, -0.2) is 14.8 Å². The van der Waals surface area contributed by atoms with Crippen molar-refractivity contribution in [3.8, 4) is 5.75 Å². The van der Waals surface area contributed by atoms with Crippen LogP contribution in [0.1, 0.15) is 43.2 Å². The molecule has 1 amide bonds. The molecule has 0 fully saturated rings. The van der Waals surface area contributed by atoms with Crippen molar-refractivity contribution in [3.05, 3.63) is 22.5 Å². The first-order valence-electron chi connectivity index (χ1n) is 6.59. The number of aldehydes is 1. The van der Waals surface area contributed by atoms with E-state index in [0.29, 0.717) is 41.9 Å². The average molecular weight is 278 g/mol. The Morgan fingerprint density at radius 1 is 1.60 bits per heavy atom. The lowest BCUT2D eigenvalue weighted by Crippen LogP contribution is -2.40. The molecule has 0 aromatic carbocycles. The molecule has 6 heteroatoms. The highest BCUT2D eigenvalue weighted by Crippen LogP contribution is 2.28. The van der Waals surface area contributed by atoms with Gasteiger partial charge in [-0.05, 0) is 20.3 Å². The fourth-order valence-corrected chi connectivity index (χ4v) is 1.93. The molecule has 2 heterocycles. The number of amides is 1. The van der Waals surface area contributed by atoms with E-state index in [0.717, 1.165) is 0 Å². The first kappa shape index (κ1) is 14.3. The minimum Gasteiger partial charge on any atom is -0.710 e. The Morgan fingerprint density at radius 2 is 2.30 bits per heavy atom. The van der Waals surface area contributed by atoms with Gasteiger partial charge in [-0.3, -0.25) is 4.79 Å². The molecule has 0 spiro atoms. The Hall–Kier alpha value is -2.11. The molecule has 1 aromatic rings. The zero-order chi connectivity index (χ0) is 14.9. The Labute approximate surface area is 117 Å². The third-order valence-electron chi connectivity index (χ3n) is 3.73. The van der Waals surface area contributed by atoms with E-state index in [2.05, 4.69) is 5.32 Å². The zero-order valence-corrected chi connectivity index (χ0v) is 11.9. The van der Waals surface area contributed by atoms with Crippen LogP contribution in [0.25, 0.3) is 0 Å². The Kier molecular flexibility index (Phi) is 3.65. The van der Waals surface area contributed by atoms with E-state index >= 15 is 0 Å². The van der Waals surface area contributed by atoms with Gasteiger partial charge >= 0.3 is 5.91 Å². The van der Waals surface area contributed by atoms with Crippen molar-refractivity contribution < 1.29 is 19.1 Å². The molecular formula is C14H18N2O4. The molecule has 0 saturated heterocycles. The summed E-state index contributed by atoms with van der Waals surface area (Å²) in [4.78, 5) is 23.2. The predicted octanol–water partition coefficient (Wildman–Crippen LogP) is 1.44. The van der Waals surface area contributed by atoms with Crippen molar-refractivity contribution in [2.24, 2.45) is 5.41 Å². The van der Waals surface area contributed by atoms with E-state index in [9.17, 15) is 14.8 Å². The Balaban J connectivity index is 2.39. The van der Waals surface area contributed by atoms with Gasteiger partial charge in [0.05, 0.1) is 17.6 Å². The fourth-order valence-electron chi connectivity index (χ4n) is 1.93. The molecule has 0 unspecified atom stereocenters. The molecule has 0 atom stereocenters. The summed E-state index contributed by atoms with van der Waals surface area (Å²) in [6.45, 7) is 5.87. The summed E-state index contributed by atoms with van der Waals surface area (Å²) < 4.78 is 5.92. The minimum atomic E-state index is -0.580. The molecule has 0 aliphatic carbocycles. The quantitative estimate of drug-likeness (QED) is 0.513. The number of aromatic nitrogens is 1. The predicted molar refractivity (Wildman–Crippen MR) is 72.7 cm³/mol. The number of anilines is 1. The number of nitrogens with zero attached hydrogens (tertiary/aromatic N) is 1. The molecule has 1 aliphatic heterocycles. The second kappa shape index (κ2) is 5.11. The van der Waals surface area contributed by atoms with E-state index in [-0.39, 0.29) is 17.3 Å². The summed E-state index contributed by atoms with van der Waals surface area (Å²) >= 11 is 0. The molecule has 1 N–H and O–H groups in total. The largest absolute Gasteiger partial charge is 0.710 e. The minimum absolute atomic E-state index is 0.0721. The van der Waals surface area contributed by atoms with Crippen LogP contribution in [0.5, 0.6) is 5.75 Å². The molecule has 1 aromatic heterocycles. The monoisotopic (exact) mass is 278 g/mol. The maximum absolute atomic E-state index is 12.2. The summed E-state index contributed by atoms with van der Waals surface area (Å²) in [7, 11) is 0. The van der Waals surface area contributed by atoms with Gasteiger partial charge in [0.25, 0.3) is 5.82 Å². The van der Waals surface area contributed by atoms with E-state index < -0.39 is 5.41 Å². The number of hydrogen-bond donors (Lipinski definition) is 1. The fraction of sp³-hybridized carbons (Fsp3) is 0.500. The number of carbonyl (C=O) groups excluding carboxylic acids is 2. The van der Waals surface area contributed by atoms with Gasteiger partial charge in [0.1, 0.15) is 0 Å². The second-order valence-corrected chi connectivity index (χ2v) is 5.46. The molecule has 0 bridgehead atoms. The van der Waals surface area contributed by atoms with Crippen LogP contribution in [0.4, 0.5) is 5.82 Å². The highest BCUT2D eigenvalue weighted by Gasteiger charge is 2.32. The van der Waals surface area contributed by atoms with Crippen molar-refractivity contribution in [1.29, 1.82) is 0 Å². The summed E-state index contributed by atoms with van der Waals surface area (Å²) in [6, 6.07) is 1.35. The van der Waals surface area contributed by atoms with Crippen molar-refractivity contribution in [1.82, 2.24) is 0 Å². The zero-order valence-electron chi connectivity index (χ0n) is 11.9. The topological polar surface area (TPSA) is 82.3 Å². The van der Waals surface area contributed by atoms with Gasteiger partial charge in [0.15, 0.2) is 17.7 Å². The van der Waals surface area contributed by atoms with Crippen molar-refractivity contribution in [2.75, 3.05) is 11.9 Å². The van der Waals surface area contributed by atoms with Crippen molar-refractivity contribution in [2.45, 2.75) is 33.6 Å². The molecule has 1 aliphatic rings. The average Bonchev–Trinajstić information content (AvgIpc) is 2.91. The number of nitrogens with one attached hydrogen (secondary N) is 1. The normalized spacial score (nSPS) is 13.6. The van der Waals surface area contributed by atoms with Gasteiger partial charge < -0.3 is 9.94 Å². The molecule has 2 rings (SSSR count). The lowest BCUT2D eigenvalue weighted by atomic mass is 9.89. The number of pyridine rings is 1. The van der Waals surface area contributed by atoms with Crippen LogP contribution in [0.15, 0.2) is 6.07 Å². The molecular weight excluding hydrogens is 260 g/mol. The van der Waals surface area contributed by atoms with Crippen LogP contribution >= 0.6 is 0 Å². The van der Waals surface area contributed by atoms with Gasteiger partial charge in [-0.2, -0.15) is 0 Å². The summed E-state index contributed by atoms with van der Waals surface area (Å²) in [6.07, 6.45) is 1.71. The third kappa shape index (κ3) is 2.33. The van der Waals surface area contributed by atoms with E-state index in [1.165, 1.54) is 6.07 Å². The molecule has 6 nitrogen and oxygen atoms in total. The van der Waals surface area contributed by atoms with Crippen LogP contribution in [0.3, 0.4) is 0 Å². The standard InChI is InChI=1S/C14H18N2O4/c1-4-14(2,3)13(18)15-11-7-9(8-17)12-10(16(11)19)5-6-20-12/h7-8H,4-6H2,1-3H3,(H,15,18). The van der Waals surface area contributed by atoms with Gasteiger partial charge in [0, 0.05) is 12.5 Å². The molecule has 20 heavy (non-hydrogen) atoms. The van der Waals surface area contributed by atoms with Gasteiger partial charge in [0.2, 0.25) is 0 Å². The number of hydrogen-bond acceptors (Lipinski definition) is 4. The van der Waals surface area contributed by atoms with E-state index in [4.69, 9.17) is 4.74 Å². The smallest absolute Gasteiger partial charge is 0.313 e. The molecule has 108 valence electrons. The van der Waals surface area contributed by atoms with Crippen LogP contribution in [0.2, 0.25) is 0 Å². The lowest BCUT2D eigenvalue weighted by Gasteiger charge is -2.19. The highest BCUT2D eigenvalue weighted by atomic mass is 16.5. The number of carbonyl (C=O) groups is 2. The summed E-state index contributed by atoms with van der Waals surface area (Å²) in [5.74, 6) is 0.144. The SMILES string of the molecule is CCC(C)(C)C(=O)Nc1cc(C=O)c2c([n+]1[O-])CCO2. The first-order valence-corrected chi connectivity index (χ1v) is 6.59. The van der Waals surface area contributed by atoms with E-state index in [1.807, 2.05) is 6.92 Å². The highest BCUT2D eigenvalue weighted by molar-refractivity contribution is 5.94. The van der Waals surface area contributed by atoms with Gasteiger partial charge in [-0.15, -0.1) is 0 Å².